The molecule has 0 bridgehead atoms. The molecule has 0 unspecified atom stereocenters. The van der Waals surface area contributed by atoms with Gasteiger partial charge in [0.1, 0.15) is 0 Å². The number of rotatable bonds is 5. The van der Waals surface area contributed by atoms with Gasteiger partial charge >= 0.3 is 0 Å². The second-order valence-corrected chi connectivity index (χ2v) is 8.25. The summed E-state index contributed by atoms with van der Waals surface area (Å²) in [4.78, 5) is 29.0. The van der Waals surface area contributed by atoms with Gasteiger partial charge < -0.3 is 9.80 Å². The Labute approximate surface area is 156 Å². The number of piperidine rings is 1. The molecule has 2 heterocycles. The van der Waals surface area contributed by atoms with Crippen molar-refractivity contribution in [1.29, 1.82) is 0 Å². The Hall–Kier alpha value is -1.84. The van der Waals surface area contributed by atoms with Crippen molar-refractivity contribution in [1.82, 2.24) is 9.80 Å². The van der Waals surface area contributed by atoms with Crippen LogP contribution in [0.4, 0.5) is 0 Å². The fourth-order valence-electron chi connectivity index (χ4n) is 4.67. The minimum absolute atomic E-state index is 0.200. The molecule has 4 rings (SSSR count). The van der Waals surface area contributed by atoms with Gasteiger partial charge in [0, 0.05) is 38.5 Å². The van der Waals surface area contributed by atoms with E-state index in [0.717, 1.165) is 64.7 Å². The minimum Gasteiger partial charge on any atom is -0.343 e. The molecule has 1 aliphatic carbocycles. The zero-order valence-corrected chi connectivity index (χ0v) is 15.6. The predicted molar refractivity (Wildman–Crippen MR) is 102 cm³/mol. The number of likely N-dealkylation sites (tertiary alicyclic amines) is 2. The van der Waals surface area contributed by atoms with Gasteiger partial charge in [0.05, 0.1) is 0 Å². The van der Waals surface area contributed by atoms with Crippen LogP contribution in [0.1, 0.15) is 56.4 Å². The lowest BCUT2D eigenvalue weighted by Gasteiger charge is -2.32. The normalized spacial score (nSPS) is 26.2. The molecular formula is C22H30N2O2. The summed E-state index contributed by atoms with van der Waals surface area (Å²) in [5.74, 6) is 1.93. The SMILES string of the molecule is O=C(CCC1CCN(C(=O)[C@@H]2C[C@H]2c2ccccc2)CC1)N1CCCC1. The van der Waals surface area contributed by atoms with E-state index in [0.29, 0.717) is 30.1 Å². The Morgan fingerprint density at radius 1 is 0.923 bits per heavy atom. The molecule has 4 nitrogen and oxygen atoms in total. The Bertz CT molecular complexity index is 631. The summed E-state index contributed by atoms with van der Waals surface area (Å²) >= 11 is 0. The van der Waals surface area contributed by atoms with Gasteiger partial charge in [0.25, 0.3) is 0 Å². The molecule has 4 heteroatoms. The number of hydrogen-bond acceptors (Lipinski definition) is 2. The summed E-state index contributed by atoms with van der Waals surface area (Å²) in [6.07, 6.45) is 7.14. The molecule has 0 spiro atoms. The fraction of sp³-hybridized carbons (Fsp3) is 0.636. The minimum atomic E-state index is 0.200. The average molecular weight is 354 g/mol. The Morgan fingerprint density at radius 2 is 1.62 bits per heavy atom. The highest BCUT2D eigenvalue weighted by molar-refractivity contribution is 5.83. The van der Waals surface area contributed by atoms with Crippen molar-refractivity contribution in [3.8, 4) is 0 Å². The van der Waals surface area contributed by atoms with Gasteiger partial charge in [-0.05, 0) is 55.9 Å². The Kier molecular flexibility index (Phi) is 5.28. The molecule has 0 N–H and O–H groups in total. The highest BCUT2D eigenvalue weighted by atomic mass is 16.2. The second-order valence-electron chi connectivity index (χ2n) is 8.25. The maximum atomic E-state index is 12.8. The van der Waals surface area contributed by atoms with Crippen LogP contribution in [-0.2, 0) is 9.59 Å². The highest BCUT2D eigenvalue weighted by Gasteiger charge is 2.46. The van der Waals surface area contributed by atoms with Crippen LogP contribution in [-0.4, -0.2) is 47.8 Å². The predicted octanol–water partition coefficient (Wildman–Crippen LogP) is 3.43. The number of hydrogen-bond donors (Lipinski definition) is 0. The zero-order valence-electron chi connectivity index (χ0n) is 15.6. The molecular weight excluding hydrogens is 324 g/mol. The van der Waals surface area contributed by atoms with Crippen LogP contribution >= 0.6 is 0 Å². The van der Waals surface area contributed by atoms with Crippen LogP contribution in [0.25, 0.3) is 0 Å². The van der Waals surface area contributed by atoms with Crippen molar-refractivity contribution >= 4 is 11.8 Å². The molecule has 26 heavy (non-hydrogen) atoms. The number of carbonyl (C=O) groups excluding carboxylic acids is 2. The van der Waals surface area contributed by atoms with Crippen molar-refractivity contribution in [3.05, 3.63) is 35.9 Å². The summed E-state index contributed by atoms with van der Waals surface area (Å²) in [5.41, 5.74) is 1.31. The van der Waals surface area contributed by atoms with Gasteiger partial charge in [-0.1, -0.05) is 30.3 Å². The smallest absolute Gasteiger partial charge is 0.226 e. The molecule has 2 atom stereocenters. The van der Waals surface area contributed by atoms with Crippen LogP contribution in [0.5, 0.6) is 0 Å². The molecule has 1 aromatic rings. The van der Waals surface area contributed by atoms with E-state index < -0.39 is 0 Å². The maximum absolute atomic E-state index is 12.8. The van der Waals surface area contributed by atoms with Crippen LogP contribution in [0.15, 0.2) is 30.3 Å². The quantitative estimate of drug-likeness (QED) is 0.813. The van der Waals surface area contributed by atoms with Crippen molar-refractivity contribution in [2.24, 2.45) is 11.8 Å². The largest absolute Gasteiger partial charge is 0.343 e. The van der Waals surface area contributed by atoms with Crippen LogP contribution in [0, 0.1) is 11.8 Å². The number of benzene rings is 1. The number of amides is 2. The van der Waals surface area contributed by atoms with Gasteiger partial charge in [-0.15, -0.1) is 0 Å². The number of nitrogens with zero attached hydrogens (tertiary/aromatic N) is 2. The summed E-state index contributed by atoms with van der Waals surface area (Å²) < 4.78 is 0. The van der Waals surface area contributed by atoms with Crippen molar-refractivity contribution in [2.75, 3.05) is 26.2 Å². The zero-order chi connectivity index (χ0) is 17.9. The Morgan fingerprint density at radius 3 is 2.31 bits per heavy atom. The van der Waals surface area contributed by atoms with Crippen LogP contribution in [0.2, 0.25) is 0 Å². The van der Waals surface area contributed by atoms with Gasteiger partial charge in [-0.3, -0.25) is 9.59 Å². The van der Waals surface area contributed by atoms with Gasteiger partial charge in [-0.25, -0.2) is 0 Å². The average Bonchev–Trinajstić information content (AvgIpc) is 3.30. The van der Waals surface area contributed by atoms with Gasteiger partial charge in [-0.2, -0.15) is 0 Å². The topological polar surface area (TPSA) is 40.6 Å². The lowest BCUT2D eigenvalue weighted by atomic mass is 9.91. The van der Waals surface area contributed by atoms with Crippen molar-refractivity contribution < 1.29 is 9.59 Å². The highest BCUT2D eigenvalue weighted by Crippen LogP contribution is 2.48. The summed E-state index contributed by atoms with van der Waals surface area (Å²) in [5, 5.41) is 0. The van der Waals surface area contributed by atoms with E-state index in [9.17, 15) is 9.59 Å². The Balaban J connectivity index is 1.19. The molecule has 1 aromatic carbocycles. The van der Waals surface area contributed by atoms with E-state index in [1.165, 1.54) is 5.56 Å². The molecule has 1 saturated carbocycles. The third-order valence-corrected chi connectivity index (χ3v) is 6.49. The first kappa shape index (κ1) is 17.6. The van der Waals surface area contributed by atoms with Gasteiger partial charge in [0.15, 0.2) is 0 Å². The lowest BCUT2D eigenvalue weighted by Crippen LogP contribution is -2.39. The summed E-state index contributed by atoms with van der Waals surface area (Å²) in [6.45, 7) is 3.66. The van der Waals surface area contributed by atoms with E-state index in [1.54, 1.807) is 0 Å². The number of carbonyl (C=O) groups is 2. The first-order valence-electron chi connectivity index (χ1n) is 10.3. The fourth-order valence-corrected chi connectivity index (χ4v) is 4.67. The third kappa shape index (κ3) is 3.94. The first-order valence-corrected chi connectivity index (χ1v) is 10.3. The summed E-state index contributed by atoms with van der Waals surface area (Å²) in [6, 6.07) is 10.4. The third-order valence-electron chi connectivity index (χ3n) is 6.49. The maximum Gasteiger partial charge on any atom is 0.226 e. The molecule has 3 fully saturated rings. The molecule has 2 aliphatic heterocycles. The molecule has 3 aliphatic rings. The van der Waals surface area contributed by atoms with E-state index in [1.807, 2.05) is 11.0 Å². The molecule has 0 aromatic heterocycles. The van der Waals surface area contributed by atoms with E-state index in [2.05, 4.69) is 29.2 Å². The van der Waals surface area contributed by atoms with Crippen molar-refractivity contribution in [2.45, 2.75) is 50.9 Å². The van der Waals surface area contributed by atoms with Gasteiger partial charge in [0.2, 0.25) is 11.8 Å². The van der Waals surface area contributed by atoms with Crippen molar-refractivity contribution in [3.63, 3.8) is 0 Å². The summed E-state index contributed by atoms with van der Waals surface area (Å²) in [7, 11) is 0. The van der Waals surface area contributed by atoms with Crippen LogP contribution < -0.4 is 0 Å². The van der Waals surface area contributed by atoms with E-state index in [-0.39, 0.29) is 5.92 Å². The van der Waals surface area contributed by atoms with E-state index in [4.69, 9.17) is 0 Å². The molecule has 2 amide bonds. The molecule has 140 valence electrons. The second kappa shape index (κ2) is 7.81. The van der Waals surface area contributed by atoms with Crippen LogP contribution in [0.3, 0.4) is 0 Å². The van der Waals surface area contributed by atoms with E-state index >= 15 is 0 Å². The molecule has 2 saturated heterocycles. The first-order chi connectivity index (χ1) is 12.7. The molecule has 0 radical (unpaired) electrons. The standard InChI is InChI=1S/C22H30N2O2/c25-21(23-12-4-5-13-23)9-8-17-10-14-24(15-11-17)22(26)20-16-19(20)18-6-2-1-3-7-18/h1-3,6-7,17,19-20H,4-5,8-16H2/t19-,20+/m0/s1. The monoisotopic (exact) mass is 354 g/mol. The lowest BCUT2D eigenvalue weighted by molar-refractivity contribution is -0.135.